The van der Waals surface area contributed by atoms with Crippen molar-refractivity contribution in [1.82, 2.24) is 14.5 Å². The smallest absolute Gasteiger partial charge is 0.243 e. The molecule has 0 atom stereocenters. The Labute approximate surface area is 138 Å². The summed E-state index contributed by atoms with van der Waals surface area (Å²) in [5.74, 6) is 0. The summed E-state index contributed by atoms with van der Waals surface area (Å²) in [6, 6.07) is 10.1. The zero-order chi connectivity index (χ0) is 17.1. The number of rotatable bonds is 6. The first-order chi connectivity index (χ1) is 10.7. The molecule has 0 aliphatic carbocycles. The maximum absolute atomic E-state index is 12.6. The zero-order valence-electron chi connectivity index (χ0n) is 14.2. The summed E-state index contributed by atoms with van der Waals surface area (Å²) in [5.41, 5.74) is 1.48. The van der Waals surface area contributed by atoms with Gasteiger partial charge in [0.1, 0.15) is 4.90 Å². The molecule has 1 aromatic carbocycles. The molecule has 0 fully saturated rings. The van der Waals surface area contributed by atoms with Gasteiger partial charge in [0, 0.05) is 25.2 Å². The summed E-state index contributed by atoms with van der Waals surface area (Å²) in [7, 11) is -1.80. The van der Waals surface area contributed by atoms with Crippen molar-refractivity contribution in [2.24, 2.45) is 7.05 Å². The lowest BCUT2D eigenvalue weighted by molar-refractivity contribution is 0.535. The highest BCUT2D eigenvalue weighted by molar-refractivity contribution is 7.89. The fourth-order valence-corrected chi connectivity index (χ4v) is 3.87. The minimum Gasteiger partial charge on any atom is -0.274 e. The molecule has 0 bridgehead atoms. The van der Waals surface area contributed by atoms with Crippen molar-refractivity contribution in [1.29, 1.82) is 0 Å². The third-order valence-corrected chi connectivity index (χ3v) is 5.03. The fraction of sp³-hybridized carbons (Fsp3) is 0.471. The van der Waals surface area contributed by atoms with Crippen LogP contribution >= 0.6 is 0 Å². The third kappa shape index (κ3) is 4.65. The van der Waals surface area contributed by atoms with Gasteiger partial charge < -0.3 is 0 Å². The predicted octanol–water partition coefficient (Wildman–Crippen LogP) is 2.63. The molecule has 0 saturated heterocycles. The topological polar surface area (TPSA) is 64.0 Å². The molecule has 1 N–H and O–H groups in total. The molecule has 2 aromatic rings. The maximum atomic E-state index is 12.6. The molecule has 0 saturated carbocycles. The Morgan fingerprint density at radius 1 is 1.17 bits per heavy atom. The molecule has 1 aromatic heterocycles. The first-order valence-electron chi connectivity index (χ1n) is 7.78. The van der Waals surface area contributed by atoms with E-state index in [0.717, 1.165) is 12.8 Å². The Kier molecular flexibility index (Phi) is 5.26. The van der Waals surface area contributed by atoms with Gasteiger partial charge in [0.25, 0.3) is 0 Å². The van der Waals surface area contributed by atoms with Gasteiger partial charge in [-0.15, -0.1) is 0 Å². The van der Waals surface area contributed by atoms with E-state index in [-0.39, 0.29) is 10.3 Å². The van der Waals surface area contributed by atoms with Crippen LogP contribution in [0.15, 0.2) is 41.4 Å². The fourth-order valence-electron chi connectivity index (χ4n) is 2.40. The lowest BCUT2D eigenvalue weighted by atomic mass is 9.92. The van der Waals surface area contributed by atoms with Crippen molar-refractivity contribution in [2.45, 2.75) is 43.9 Å². The Morgan fingerprint density at radius 3 is 2.43 bits per heavy atom. The van der Waals surface area contributed by atoms with Crippen molar-refractivity contribution in [2.75, 3.05) is 6.54 Å². The van der Waals surface area contributed by atoms with E-state index in [4.69, 9.17) is 0 Å². The van der Waals surface area contributed by atoms with Crippen LogP contribution in [0.1, 0.15) is 38.4 Å². The average molecular weight is 335 g/mol. The summed E-state index contributed by atoms with van der Waals surface area (Å²) in [6.07, 6.45) is 3.18. The summed E-state index contributed by atoms with van der Waals surface area (Å²) >= 11 is 0. The van der Waals surface area contributed by atoms with Crippen LogP contribution in [0.3, 0.4) is 0 Å². The van der Waals surface area contributed by atoms with Crippen molar-refractivity contribution in [3.8, 4) is 0 Å². The standard InChI is InChI=1S/C17H25N3O2S/c1-17(2,3)16-15(13-20(4)19-16)23(21,22)18-12-8-11-14-9-6-5-7-10-14/h5-7,9-10,13,18H,8,11-12H2,1-4H3. The number of nitrogens with zero attached hydrogens (tertiary/aromatic N) is 2. The molecule has 6 heteroatoms. The highest BCUT2D eigenvalue weighted by Gasteiger charge is 2.29. The van der Waals surface area contributed by atoms with Gasteiger partial charge in [0.2, 0.25) is 10.0 Å². The average Bonchev–Trinajstić information content (AvgIpc) is 2.88. The summed E-state index contributed by atoms with van der Waals surface area (Å²) in [4.78, 5) is 0.271. The van der Waals surface area contributed by atoms with Gasteiger partial charge in [-0.05, 0) is 18.4 Å². The van der Waals surface area contributed by atoms with Crippen molar-refractivity contribution >= 4 is 10.0 Å². The van der Waals surface area contributed by atoms with Gasteiger partial charge in [-0.2, -0.15) is 5.10 Å². The molecule has 0 amide bonds. The monoisotopic (exact) mass is 335 g/mol. The van der Waals surface area contributed by atoms with Crippen molar-refractivity contribution in [3.05, 3.63) is 47.8 Å². The minimum atomic E-state index is -3.54. The quantitative estimate of drug-likeness (QED) is 0.825. The van der Waals surface area contributed by atoms with E-state index in [0.29, 0.717) is 12.2 Å². The summed E-state index contributed by atoms with van der Waals surface area (Å²) < 4.78 is 29.4. The van der Waals surface area contributed by atoms with E-state index in [1.165, 1.54) is 5.56 Å². The molecule has 0 unspecified atom stereocenters. The van der Waals surface area contributed by atoms with E-state index in [2.05, 4.69) is 9.82 Å². The van der Waals surface area contributed by atoms with Crippen LogP contribution < -0.4 is 4.72 Å². The molecule has 5 nitrogen and oxygen atoms in total. The SMILES string of the molecule is Cn1cc(S(=O)(=O)NCCCc2ccccc2)c(C(C)(C)C)n1. The molecular formula is C17H25N3O2S. The molecule has 0 radical (unpaired) electrons. The number of hydrogen-bond donors (Lipinski definition) is 1. The number of nitrogens with one attached hydrogen (secondary N) is 1. The third-order valence-electron chi connectivity index (χ3n) is 3.57. The Balaban J connectivity index is 2.02. The molecule has 126 valence electrons. The number of sulfonamides is 1. The number of benzene rings is 1. The molecular weight excluding hydrogens is 310 g/mol. The lowest BCUT2D eigenvalue weighted by Crippen LogP contribution is -2.27. The molecule has 0 aliphatic heterocycles. The van der Waals surface area contributed by atoms with Crippen LogP contribution in [0.4, 0.5) is 0 Å². The predicted molar refractivity (Wildman–Crippen MR) is 91.9 cm³/mol. The van der Waals surface area contributed by atoms with Crippen LogP contribution in [-0.2, 0) is 28.9 Å². The number of aromatic nitrogens is 2. The Hall–Kier alpha value is -1.66. The van der Waals surface area contributed by atoms with Crippen LogP contribution in [0, 0.1) is 0 Å². The van der Waals surface area contributed by atoms with Crippen LogP contribution in [0.25, 0.3) is 0 Å². The summed E-state index contributed by atoms with van der Waals surface area (Å²) in [6.45, 7) is 6.30. The summed E-state index contributed by atoms with van der Waals surface area (Å²) in [5, 5.41) is 4.32. The molecule has 0 spiro atoms. The number of hydrogen-bond acceptors (Lipinski definition) is 3. The van der Waals surface area contributed by atoms with Crippen LogP contribution in [0.2, 0.25) is 0 Å². The first-order valence-corrected chi connectivity index (χ1v) is 9.26. The van der Waals surface area contributed by atoms with Gasteiger partial charge in [-0.3, -0.25) is 4.68 Å². The highest BCUT2D eigenvalue weighted by Crippen LogP contribution is 2.27. The van der Waals surface area contributed by atoms with E-state index in [1.54, 1.807) is 17.9 Å². The molecule has 23 heavy (non-hydrogen) atoms. The van der Waals surface area contributed by atoms with Gasteiger partial charge in [0.05, 0.1) is 5.69 Å². The molecule has 2 rings (SSSR count). The van der Waals surface area contributed by atoms with Crippen LogP contribution in [0.5, 0.6) is 0 Å². The van der Waals surface area contributed by atoms with Crippen molar-refractivity contribution < 1.29 is 8.42 Å². The van der Waals surface area contributed by atoms with E-state index >= 15 is 0 Å². The van der Waals surface area contributed by atoms with E-state index in [9.17, 15) is 8.42 Å². The zero-order valence-corrected chi connectivity index (χ0v) is 15.0. The lowest BCUT2D eigenvalue weighted by Gasteiger charge is -2.17. The second-order valence-corrected chi connectivity index (χ2v) is 8.49. The van der Waals surface area contributed by atoms with Gasteiger partial charge in [-0.25, -0.2) is 13.1 Å². The van der Waals surface area contributed by atoms with E-state index < -0.39 is 10.0 Å². The second-order valence-electron chi connectivity index (χ2n) is 6.75. The Morgan fingerprint density at radius 2 is 1.83 bits per heavy atom. The van der Waals surface area contributed by atoms with E-state index in [1.807, 2.05) is 51.1 Å². The Bertz CT molecular complexity index is 744. The highest BCUT2D eigenvalue weighted by atomic mass is 32.2. The second kappa shape index (κ2) is 6.84. The number of aryl methyl sites for hydroxylation is 2. The normalized spacial score (nSPS) is 12.5. The van der Waals surface area contributed by atoms with Crippen molar-refractivity contribution in [3.63, 3.8) is 0 Å². The van der Waals surface area contributed by atoms with Gasteiger partial charge >= 0.3 is 0 Å². The van der Waals surface area contributed by atoms with Gasteiger partial charge in [0.15, 0.2) is 0 Å². The van der Waals surface area contributed by atoms with Gasteiger partial charge in [-0.1, -0.05) is 51.1 Å². The molecule has 1 heterocycles. The van der Waals surface area contributed by atoms with Crippen LogP contribution in [-0.4, -0.2) is 24.7 Å². The first kappa shape index (κ1) is 17.7. The largest absolute Gasteiger partial charge is 0.274 e. The maximum Gasteiger partial charge on any atom is 0.243 e. The minimum absolute atomic E-state index is 0.271. The molecule has 0 aliphatic rings.